The summed E-state index contributed by atoms with van der Waals surface area (Å²) in [7, 11) is 0. The Balaban J connectivity index is 2.40. The highest BCUT2D eigenvalue weighted by atomic mass is 35.5. The number of esters is 1. The van der Waals surface area contributed by atoms with Gasteiger partial charge in [-0.2, -0.15) is 0 Å². The molecule has 0 aromatic heterocycles. The fourth-order valence-corrected chi connectivity index (χ4v) is 3.25. The van der Waals surface area contributed by atoms with E-state index in [4.69, 9.17) is 21.1 Å². The van der Waals surface area contributed by atoms with E-state index in [2.05, 4.69) is 0 Å². The number of carbonyl (C=O) groups excluding carboxylic acids is 2. The van der Waals surface area contributed by atoms with Gasteiger partial charge in [0.05, 0.1) is 12.2 Å². The second-order valence-corrected chi connectivity index (χ2v) is 7.14. The number of halogens is 1. The van der Waals surface area contributed by atoms with Gasteiger partial charge in [0.1, 0.15) is 12.0 Å². The number of ether oxygens (including phenoxy) is 2. The van der Waals surface area contributed by atoms with Gasteiger partial charge in [-0.3, -0.25) is 0 Å². The van der Waals surface area contributed by atoms with E-state index in [0.29, 0.717) is 35.1 Å². The first-order valence-electron chi connectivity index (χ1n) is 8.99. The highest BCUT2D eigenvalue weighted by Gasteiger charge is 2.25. The van der Waals surface area contributed by atoms with Gasteiger partial charge in [0.15, 0.2) is 0 Å². The molecule has 0 saturated carbocycles. The highest BCUT2D eigenvalue weighted by Crippen LogP contribution is 2.35. The normalized spacial score (nSPS) is 13.1. The Morgan fingerprint density at radius 2 is 1.96 bits per heavy atom. The van der Waals surface area contributed by atoms with Crippen LogP contribution in [0.3, 0.4) is 0 Å². The van der Waals surface area contributed by atoms with Crippen LogP contribution in [0.2, 0.25) is 5.02 Å². The summed E-state index contributed by atoms with van der Waals surface area (Å²) < 4.78 is 11.2. The first kappa shape index (κ1) is 21.1. The van der Waals surface area contributed by atoms with Crippen LogP contribution < -0.4 is 4.74 Å². The monoisotopic (exact) mass is 388 g/mol. The number of rotatable bonds is 8. The van der Waals surface area contributed by atoms with Gasteiger partial charge in [-0.1, -0.05) is 42.3 Å². The molecule has 5 heteroatoms. The lowest BCUT2D eigenvalue weighted by Gasteiger charge is -2.23. The van der Waals surface area contributed by atoms with Gasteiger partial charge in [0, 0.05) is 23.1 Å². The molecule has 144 valence electrons. The SMILES string of the molecule is CCOCC(C)C(C=O)c1cc(C)cc(C)c1OC(=O)c1cccc(Cl)c1. The topological polar surface area (TPSA) is 52.6 Å². The predicted octanol–water partition coefficient (Wildman–Crippen LogP) is 5.13. The summed E-state index contributed by atoms with van der Waals surface area (Å²) in [4.78, 5) is 24.5. The molecule has 0 aliphatic rings. The van der Waals surface area contributed by atoms with Crippen LogP contribution in [0.1, 0.15) is 46.8 Å². The molecule has 2 aromatic carbocycles. The molecule has 2 aromatic rings. The third-order valence-corrected chi connectivity index (χ3v) is 4.64. The molecule has 0 amide bonds. The van der Waals surface area contributed by atoms with Crippen LogP contribution in [-0.2, 0) is 9.53 Å². The largest absolute Gasteiger partial charge is 0.422 e. The Hall–Kier alpha value is -2.17. The zero-order valence-corrected chi connectivity index (χ0v) is 16.9. The van der Waals surface area contributed by atoms with Crippen molar-refractivity contribution in [2.75, 3.05) is 13.2 Å². The summed E-state index contributed by atoms with van der Waals surface area (Å²) >= 11 is 5.97. The molecule has 0 N–H and O–H groups in total. The number of hydrogen-bond donors (Lipinski definition) is 0. The van der Waals surface area contributed by atoms with Crippen molar-refractivity contribution in [2.45, 2.75) is 33.6 Å². The lowest BCUT2D eigenvalue weighted by atomic mass is 9.86. The van der Waals surface area contributed by atoms with Gasteiger partial charge in [0.2, 0.25) is 0 Å². The summed E-state index contributed by atoms with van der Waals surface area (Å²) in [6.45, 7) is 8.72. The third kappa shape index (κ3) is 5.41. The van der Waals surface area contributed by atoms with Crippen LogP contribution in [0.5, 0.6) is 5.75 Å². The molecule has 2 unspecified atom stereocenters. The maximum atomic E-state index is 12.6. The maximum absolute atomic E-state index is 12.6. The van der Waals surface area contributed by atoms with E-state index in [0.717, 1.165) is 17.4 Å². The molecular weight excluding hydrogens is 364 g/mol. The van der Waals surface area contributed by atoms with Gasteiger partial charge in [0.25, 0.3) is 0 Å². The number of benzene rings is 2. The fraction of sp³-hybridized carbons (Fsp3) is 0.364. The molecule has 0 saturated heterocycles. The first-order valence-corrected chi connectivity index (χ1v) is 9.37. The van der Waals surface area contributed by atoms with Crippen molar-refractivity contribution >= 4 is 23.9 Å². The molecular formula is C22H25ClO4. The lowest BCUT2D eigenvalue weighted by molar-refractivity contribution is -0.110. The second kappa shape index (κ2) is 9.67. The average Bonchev–Trinajstić information content (AvgIpc) is 2.63. The van der Waals surface area contributed by atoms with E-state index in [9.17, 15) is 9.59 Å². The zero-order valence-electron chi connectivity index (χ0n) is 16.1. The fourth-order valence-electron chi connectivity index (χ4n) is 3.06. The Kier molecular flexibility index (Phi) is 7.57. The molecule has 0 bridgehead atoms. The second-order valence-electron chi connectivity index (χ2n) is 6.70. The van der Waals surface area contributed by atoms with Gasteiger partial charge in [-0.15, -0.1) is 0 Å². The Morgan fingerprint density at radius 1 is 1.22 bits per heavy atom. The minimum absolute atomic E-state index is 0.0488. The number of hydrogen-bond acceptors (Lipinski definition) is 4. The maximum Gasteiger partial charge on any atom is 0.343 e. The van der Waals surface area contributed by atoms with E-state index in [1.807, 2.05) is 39.8 Å². The standard InChI is InChI=1S/C22H25ClO4/c1-5-26-13-16(4)20(12-24)19-10-14(2)9-15(3)21(19)27-22(25)17-7-6-8-18(23)11-17/h6-12,16,20H,5,13H2,1-4H3. The van der Waals surface area contributed by atoms with Gasteiger partial charge in [-0.05, 0) is 50.5 Å². The third-order valence-electron chi connectivity index (χ3n) is 4.41. The van der Waals surface area contributed by atoms with Crippen LogP contribution >= 0.6 is 11.6 Å². The van der Waals surface area contributed by atoms with E-state index >= 15 is 0 Å². The molecule has 2 atom stereocenters. The van der Waals surface area contributed by atoms with E-state index in [-0.39, 0.29) is 5.92 Å². The molecule has 0 heterocycles. The van der Waals surface area contributed by atoms with E-state index < -0.39 is 11.9 Å². The Labute approximate surface area is 165 Å². The number of aldehydes is 1. The van der Waals surface area contributed by atoms with Gasteiger partial charge in [-0.25, -0.2) is 4.79 Å². The predicted molar refractivity (Wildman–Crippen MR) is 107 cm³/mol. The van der Waals surface area contributed by atoms with Crippen molar-refractivity contribution < 1.29 is 19.1 Å². The molecule has 0 spiro atoms. The summed E-state index contributed by atoms with van der Waals surface area (Å²) in [5.41, 5.74) is 2.86. The van der Waals surface area contributed by atoms with Gasteiger partial charge >= 0.3 is 5.97 Å². The Morgan fingerprint density at radius 3 is 2.59 bits per heavy atom. The Bertz CT molecular complexity index is 816. The van der Waals surface area contributed by atoms with Crippen LogP contribution in [0, 0.1) is 19.8 Å². The summed E-state index contributed by atoms with van der Waals surface area (Å²) in [5, 5.41) is 0.460. The average molecular weight is 389 g/mol. The van der Waals surface area contributed by atoms with Crippen molar-refractivity contribution in [2.24, 2.45) is 5.92 Å². The lowest BCUT2D eigenvalue weighted by Crippen LogP contribution is -2.20. The molecule has 0 aliphatic carbocycles. The van der Waals surface area contributed by atoms with Crippen LogP contribution in [-0.4, -0.2) is 25.5 Å². The van der Waals surface area contributed by atoms with Crippen molar-refractivity contribution in [1.82, 2.24) is 0 Å². The minimum atomic E-state index is -0.507. The van der Waals surface area contributed by atoms with Crippen LogP contribution in [0.25, 0.3) is 0 Å². The smallest absolute Gasteiger partial charge is 0.343 e. The van der Waals surface area contributed by atoms with Crippen LogP contribution in [0.15, 0.2) is 36.4 Å². The molecule has 0 radical (unpaired) electrons. The first-order chi connectivity index (χ1) is 12.9. The molecule has 27 heavy (non-hydrogen) atoms. The van der Waals surface area contributed by atoms with Crippen molar-refractivity contribution in [1.29, 1.82) is 0 Å². The summed E-state index contributed by atoms with van der Waals surface area (Å²) in [6, 6.07) is 10.4. The minimum Gasteiger partial charge on any atom is -0.422 e. The van der Waals surface area contributed by atoms with E-state index in [1.54, 1.807) is 24.3 Å². The quantitative estimate of drug-likeness (QED) is 0.357. The molecule has 0 fully saturated rings. The van der Waals surface area contributed by atoms with Gasteiger partial charge < -0.3 is 14.3 Å². The molecule has 4 nitrogen and oxygen atoms in total. The zero-order chi connectivity index (χ0) is 20.0. The highest BCUT2D eigenvalue weighted by molar-refractivity contribution is 6.30. The molecule has 0 aliphatic heterocycles. The van der Waals surface area contributed by atoms with Crippen molar-refractivity contribution in [3.05, 3.63) is 63.7 Å². The number of aryl methyl sites for hydroxylation is 2. The van der Waals surface area contributed by atoms with Crippen molar-refractivity contribution in [3.8, 4) is 5.75 Å². The summed E-state index contributed by atoms with van der Waals surface area (Å²) in [6.07, 6.45) is 0.897. The number of carbonyl (C=O) groups is 2. The van der Waals surface area contributed by atoms with E-state index in [1.165, 1.54) is 0 Å². The molecule has 2 rings (SSSR count). The van der Waals surface area contributed by atoms with Crippen molar-refractivity contribution in [3.63, 3.8) is 0 Å². The van der Waals surface area contributed by atoms with Crippen LogP contribution in [0.4, 0.5) is 0 Å². The summed E-state index contributed by atoms with van der Waals surface area (Å²) in [5.74, 6) is -0.566.